The normalized spacial score (nSPS) is 12.1. The van der Waals surface area contributed by atoms with Crippen molar-refractivity contribution in [2.75, 3.05) is 0 Å². The van der Waals surface area contributed by atoms with Crippen molar-refractivity contribution in [2.45, 2.75) is 0 Å². The van der Waals surface area contributed by atoms with E-state index in [0.717, 1.165) is 55.0 Å². The van der Waals surface area contributed by atoms with Crippen molar-refractivity contribution in [1.82, 2.24) is 0 Å². The van der Waals surface area contributed by atoms with Gasteiger partial charge in [0, 0.05) is 43.8 Å². The van der Waals surface area contributed by atoms with Crippen LogP contribution in [0.15, 0.2) is 239 Å². The van der Waals surface area contributed by atoms with Crippen LogP contribution in [0, 0.1) is 0 Å². The maximum atomic E-state index is 6.71. The molecule has 2 nitrogen and oxygen atoms in total. The second kappa shape index (κ2) is 14.3. The summed E-state index contributed by atoms with van der Waals surface area (Å²) in [5.74, 6) is 0. The molecule has 0 bridgehead atoms. The molecule has 0 aliphatic carbocycles. The molecule has 0 atom stereocenters. The molecule has 2 aromatic heterocycles. The molecule has 0 N–H and O–H groups in total. The molecule has 0 aliphatic heterocycles. The predicted molar refractivity (Wildman–Crippen MR) is 288 cm³/mol. The fourth-order valence-electron chi connectivity index (χ4n) is 11.8. The molecule has 68 heavy (non-hydrogen) atoms. The first-order valence-electron chi connectivity index (χ1n) is 23.4. The minimum absolute atomic E-state index is 0.902. The molecule has 2 heteroatoms. The van der Waals surface area contributed by atoms with Gasteiger partial charge in [0.1, 0.15) is 22.3 Å². The molecule has 0 spiro atoms. The summed E-state index contributed by atoms with van der Waals surface area (Å²) < 4.78 is 13.4. The van der Waals surface area contributed by atoms with Gasteiger partial charge in [0.2, 0.25) is 0 Å². The monoisotopic (exact) mass is 862 g/mol. The molecule has 15 rings (SSSR count). The van der Waals surface area contributed by atoms with Gasteiger partial charge in [-0.3, -0.25) is 0 Å². The molecular weight excluding hydrogens is 825 g/mol. The zero-order valence-corrected chi connectivity index (χ0v) is 36.8. The number of hydrogen-bond donors (Lipinski definition) is 0. The van der Waals surface area contributed by atoms with Crippen LogP contribution in [0.2, 0.25) is 0 Å². The SMILES string of the molecule is c1cc(-c2c3ccccc3c(-c3cccc4c3oc3ccccc34)c3ccccc23)c2c(c1)ccc1ccc(-c3c4ccccc4c(-c4cccc5c4oc4ccccc45)c4ccccc34)cc12. The third-order valence-electron chi connectivity index (χ3n) is 14.6. The van der Waals surface area contributed by atoms with Gasteiger partial charge < -0.3 is 8.83 Å². The Morgan fingerprint density at radius 3 is 1.06 bits per heavy atom. The molecule has 13 aromatic carbocycles. The van der Waals surface area contributed by atoms with E-state index in [9.17, 15) is 0 Å². The predicted octanol–water partition coefficient (Wildman–Crippen LogP) is 19.1. The number of rotatable bonds is 4. The van der Waals surface area contributed by atoms with Gasteiger partial charge >= 0.3 is 0 Å². The van der Waals surface area contributed by atoms with Crippen molar-refractivity contribution in [2.24, 2.45) is 0 Å². The van der Waals surface area contributed by atoms with E-state index in [1.165, 1.54) is 98.0 Å². The van der Waals surface area contributed by atoms with Crippen molar-refractivity contribution in [3.8, 4) is 44.5 Å². The summed E-state index contributed by atoms with van der Waals surface area (Å²) in [5, 5.41) is 19.0. The standard InChI is InChI=1S/C66H38O2/c1-3-21-46-44(19-1)61(45-20-2-4-22-47(45)63(46)55-30-14-27-52-42-17-9-11-32-58(42)67-65(52)55)41-37-35-39-34-36-40-16-13-29-54(60(40)57(39)38-41)62-48-23-5-7-25-50(48)64(51-26-8-6-24-49(51)62)56-31-15-28-53-43-18-10-12-33-59(43)68-66(53)56/h1-38H. The second-order valence-corrected chi connectivity index (χ2v) is 18.1. The maximum Gasteiger partial charge on any atom is 0.143 e. The third-order valence-corrected chi connectivity index (χ3v) is 14.6. The zero-order chi connectivity index (χ0) is 44.5. The van der Waals surface area contributed by atoms with Crippen LogP contribution in [-0.2, 0) is 0 Å². The fraction of sp³-hybridized carbons (Fsp3) is 0. The summed E-state index contributed by atoms with van der Waals surface area (Å²) in [6.45, 7) is 0. The average molecular weight is 863 g/mol. The van der Waals surface area contributed by atoms with E-state index >= 15 is 0 Å². The van der Waals surface area contributed by atoms with Crippen LogP contribution in [0.5, 0.6) is 0 Å². The van der Waals surface area contributed by atoms with Crippen LogP contribution in [0.25, 0.3) is 153 Å². The quantitative estimate of drug-likeness (QED) is 0.130. The highest BCUT2D eigenvalue weighted by atomic mass is 16.3. The molecular formula is C66H38O2. The lowest BCUT2D eigenvalue weighted by Crippen LogP contribution is -1.93. The summed E-state index contributed by atoms with van der Waals surface area (Å²) in [6, 6.07) is 84.1. The van der Waals surface area contributed by atoms with Crippen LogP contribution in [0.4, 0.5) is 0 Å². The second-order valence-electron chi connectivity index (χ2n) is 18.1. The summed E-state index contributed by atoms with van der Waals surface area (Å²) in [5.41, 5.74) is 13.1. The Kier molecular flexibility index (Phi) is 7.81. The highest BCUT2D eigenvalue weighted by molar-refractivity contribution is 6.29. The van der Waals surface area contributed by atoms with Crippen LogP contribution in [-0.4, -0.2) is 0 Å². The van der Waals surface area contributed by atoms with Gasteiger partial charge in [-0.05, 0) is 105 Å². The van der Waals surface area contributed by atoms with E-state index in [1.54, 1.807) is 0 Å². The van der Waals surface area contributed by atoms with Crippen molar-refractivity contribution in [3.05, 3.63) is 231 Å². The van der Waals surface area contributed by atoms with Crippen LogP contribution < -0.4 is 0 Å². The van der Waals surface area contributed by atoms with Gasteiger partial charge in [0.15, 0.2) is 0 Å². The first-order valence-corrected chi connectivity index (χ1v) is 23.4. The van der Waals surface area contributed by atoms with E-state index in [-0.39, 0.29) is 0 Å². The molecule has 0 aliphatic rings. The minimum atomic E-state index is 0.902. The molecule has 0 amide bonds. The van der Waals surface area contributed by atoms with Gasteiger partial charge in [-0.2, -0.15) is 0 Å². The van der Waals surface area contributed by atoms with Crippen molar-refractivity contribution in [1.29, 1.82) is 0 Å². The Bertz CT molecular complexity index is 4510. The first-order chi connectivity index (χ1) is 33.8. The van der Waals surface area contributed by atoms with E-state index < -0.39 is 0 Å². The maximum absolute atomic E-state index is 6.71. The summed E-state index contributed by atoms with van der Waals surface area (Å²) in [7, 11) is 0. The van der Waals surface area contributed by atoms with Crippen LogP contribution in [0.1, 0.15) is 0 Å². The van der Waals surface area contributed by atoms with Crippen molar-refractivity contribution < 1.29 is 8.83 Å². The van der Waals surface area contributed by atoms with Gasteiger partial charge in [0.25, 0.3) is 0 Å². The van der Waals surface area contributed by atoms with Crippen molar-refractivity contribution >= 4 is 109 Å². The van der Waals surface area contributed by atoms with Crippen molar-refractivity contribution in [3.63, 3.8) is 0 Å². The smallest absolute Gasteiger partial charge is 0.143 e. The average Bonchev–Trinajstić information content (AvgIpc) is 3.98. The third kappa shape index (κ3) is 5.23. The summed E-state index contributed by atoms with van der Waals surface area (Å²) >= 11 is 0. The van der Waals surface area contributed by atoms with Gasteiger partial charge in [-0.25, -0.2) is 0 Å². The molecule has 0 saturated carbocycles. The van der Waals surface area contributed by atoms with E-state index in [0.29, 0.717) is 0 Å². The Morgan fingerprint density at radius 2 is 0.574 bits per heavy atom. The van der Waals surface area contributed by atoms with E-state index in [4.69, 9.17) is 8.83 Å². The first kappa shape index (κ1) is 37.3. The largest absolute Gasteiger partial charge is 0.455 e. The van der Waals surface area contributed by atoms with E-state index in [1.807, 2.05) is 12.1 Å². The lowest BCUT2D eigenvalue weighted by Gasteiger charge is -2.20. The summed E-state index contributed by atoms with van der Waals surface area (Å²) in [4.78, 5) is 0. The number of para-hydroxylation sites is 4. The Morgan fingerprint density at radius 1 is 0.221 bits per heavy atom. The topological polar surface area (TPSA) is 26.3 Å². The Hall–Kier alpha value is -8.98. The molecule has 0 unspecified atom stereocenters. The highest BCUT2D eigenvalue weighted by Crippen LogP contribution is 2.50. The van der Waals surface area contributed by atoms with E-state index in [2.05, 4.69) is 218 Å². The van der Waals surface area contributed by atoms with Gasteiger partial charge in [-0.1, -0.05) is 212 Å². The number of hydrogen-bond acceptors (Lipinski definition) is 2. The number of benzene rings is 13. The molecule has 2 heterocycles. The molecule has 0 saturated heterocycles. The molecule has 15 aromatic rings. The number of furan rings is 2. The fourth-order valence-corrected chi connectivity index (χ4v) is 11.8. The number of fused-ring (bicyclic) bond motifs is 13. The highest BCUT2D eigenvalue weighted by Gasteiger charge is 2.24. The van der Waals surface area contributed by atoms with Gasteiger partial charge in [-0.15, -0.1) is 0 Å². The summed E-state index contributed by atoms with van der Waals surface area (Å²) in [6.07, 6.45) is 0. The lowest BCUT2D eigenvalue weighted by molar-refractivity contribution is 0.669. The molecule has 0 radical (unpaired) electrons. The molecule has 314 valence electrons. The lowest BCUT2D eigenvalue weighted by atomic mass is 9.83. The minimum Gasteiger partial charge on any atom is -0.455 e. The van der Waals surface area contributed by atoms with Crippen LogP contribution >= 0.6 is 0 Å². The Labute approximate surface area is 390 Å². The zero-order valence-electron chi connectivity index (χ0n) is 36.8. The van der Waals surface area contributed by atoms with Crippen LogP contribution in [0.3, 0.4) is 0 Å². The van der Waals surface area contributed by atoms with Gasteiger partial charge in [0.05, 0.1) is 0 Å². The molecule has 0 fully saturated rings. The Balaban J connectivity index is 1.00.